The second-order valence-corrected chi connectivity index (χ2v) is 7.52. The molecule has 1 heterocycles. The van der Waals surface area contributed by atoms with Gasteiger partial charge in [0.25, 0.3) is 0 Å². The highest BCUT2D eigenvalue weighted by Gasteiger charge is 2.36. The van der Waals surface area contributed by atoms with Crippen molar-refractivity contribution in [2.45, 2.75) is 71.5 Å². The number of hydrogen-bond acceptors (Lipinski definition) is 5. The Morgan fingerprint density at radius 3 is 2.54 bits per heavy atom. The van der Waals surface area contributed by atoms with E-state index < -0.39 is 11.0 Å². The summed E-state index contributed by atoms with van der Waals surface area (Å²) in [5, 5.41) is 9.64. The molecule has 1 aliphatic rings. The smallest absolute Gasteiger partial charge is 0.302 e. The van der Waals surface area contributed by atoms with E-state index in [4.69, 9.17) is 9.47 Å². The molecule has 0 aromatic rings. The van der Waals surface area contributed by atoms with Crippen molar-refractivity contribution in [3.8, 4) is 6.07 Å². The van der Waals surface area contributed by atoms with Crippen molar-refractivity contribution in [2.75, 3.05) is 20.2 Å². The Balaban J connectivity index is 2.73. The van der Waals surface area contributed by atoms with Crippen LogP contribution in [0.1, 0.15) is 59.8 Å². The highest BCUT2D eigenvalue weighted by molar-refractivity contribution is 5.78. The van der Waals surface area contributed by atoms with E-state index in [1.54, 1.807) is 12.0 Å². The maximum atomic E-state index is 11.7. The average molecular weight is 338 g/mol. The van der Waals surface area contributed by atoms with Crippen molar-refractivity contribution in [3.05, 3.63) is 0 Å². The molecule has 1 amide bonds. The topological polar surface area (TPSA) is 79.6 Å². The van der Waals surface area contributed by atoms with Crippen molar-refractivity contribution in [1.82, 2.24) is 4.90 Å². The van der Waals surface area contributed by atoms with Gasteiger partial charge in [-0.15, -0.1) is 0 Å². The first-order valence-corrected chi connectivity index (χ1v) is 8.52. The number of carbonyl (C=O) groups excluding carboxylic acids is 2. The minimum Gasteiger partial charge on any atom is -0.462 e. The van der Waals surface area contributed by atoms with Crippen molar-refractivity contribution in [1.29, 1.82) is 5.26 Å². The number of amides is 1. The summed E-state index contributed by atoms with van der Waals surface area (Å²) in [7, 11) is 1.63. The van der Waals surface area contributed by atoms with E-state index >= 15 is 0 Å². The molecule has 1 rings (SSSR count). The van der Waals surface area contributed by atoms with E-state index in [0.29, 0.717) is 32.2 Å². The predicted octanol–water partition coefficient (Wildman–Crippen LogP) is 2.67. The molecule has 0 radical (unpaired) electrons. The molecule has 0 bridgehead atoms. The maximum absolute atomic E-state index is 11.7. The third-order valence-corrected chi connectivity index (χ3v) is 4.54. The molecule has 1 fully saturated rings. The SMILES string of the molecule is COC(C)(C)CC(C)(C#N)CC(CCN1CCCC1=O)OC(C)=O. The zero-order chi connectivity index (χ0) is 18.4. The lowest BCUT2D eigenvalue weighted by Gasteiger charge is -2.34. The zero-order valence-electron chi connectivity index (χ0n) is 15.6. The van der Waals surface area contributed by atoms with Gasteiger partial charge in [-0.2, -0.15) is 5.26 Å². The summed E-state index contributed by atoms with van der Waals surface area (Å²) >= 11 is 0. The minimum absolute atomic E-state index is 0.153. The average Bonchev–Trinajstić information content (AvgIpc) is 2.89. The number of likely N-dealkylation sites (tertiary alicyclic amines) is 1. The Labute approximate surface area is 145 Å². The lowest BCUT2D eigenvalue weighted by Crippen LogP contribution is -2.36. The number of esters is 1. The molecular weight excluding hydrogens is 308 g/mol. The number of ether oxygens (including phenoxy) is 2. The van der Waals surface area contributed by atoms with Gasteiger partial charge in [-0.3, -0.25) is 9.59 Å². The molecule has 1 saturated heterocycles. The van der Waals surface area contributed by atoms with Gasteiger partial charge in [0, 0.05) is 46.4 Å². The largest absolute Gasteiger partial charge is 0.462 e. The summed E-state index contributed by atoms with van der Waals surface area (Å²) in [4.78, 5) is 25.0. The molecule has 0 saturated carbocycles. The van der Waals surface area contributed by atoms with Gasteiger partial charge in [0.2, 0.25) is 5.91 Å². The summed E-state index contributed by atoms with van der Waals surface area (Å²) in [6.07, 6.45) is 2.61. The first-order valence-electron chi connectivity index (χ1n) is 8.52. The van der Waals surface area contributed by atoms with Gasteiger partial charge >= 0.3 is 5.97 Å². The second-order valence-electron chi connectivity index (χ2n) is 7.52. The van der Waals surface area contributed by atoms with Crippen LogP contribution in [0.3, 0.4) is 0 Å². The van der Waals surface area contributed by atoms with Crippen LogP contribution in [0.5, 0.6) is 0 Å². The molecule has 24 heavy (non-hydrogen) atoms. The van der Waals surface area contributed by atoms with Crippen molar-refractivity contribution < 1.29 is 19.1 Å². The van der Waals surface area contributed by atoms with Crippen molar-refractivity contribution in [2.24, 2.45) is 5.41 Å². The normalized spacial score (nSPS) is 18.8. The fourth-order valence-electron chi connectivity index (χ4n) is 3.35. The van der Waals surface area contributed by atoms with Gasteiger partial charge < -0.3 is 14.4 Å². The van der Waals surface area contributed by atoms with E-state index in [9.17, 15) is 14.9 Å². The van der Waals surface area contributed by atoms with Gasteiger partial charge in [0.05, 0.1) is 17.1 Å². The van der Waals surface area contributed by atoms with Gasteiger partial charge in [0.15, 0.2) is 0 Å². The molecular formula is C18H30N2O4. The Bertz CT molecular complexity index is 498. The lowest BCUT2D eigenvalue weighted by molar-refractivity contribution is -0.148. The third-order valence-electron chi connectivity index (χ3n) is 4.54. The quantitative estimate of drug-likeness (QED) is 0.604. The van der Waals surface area contributed by atoms with Crippen LogP contribution in [-0.4, -0.2) is 48.7 Å². The molecule has 6 nitrogen and oxygen atoms in total. The summed E-state index contributed by atoms with van der Waals surface area (Å²) in [5.41, 5.74) is -1.11. The van der Waals surface area contributed by atoms with Gasteiger partial charge in [-0.1, -0.05) is 0 Å². The van der Waals surface area contributed by atoms with Crippen molar-refractivity contribution >= 4 is 11.9 Å². The maximum Gasteiger partial charge on any atom is 0.302 e. The fraction of sp³-hybridized carbons (Fsp3) is 0.833. The zero-order valence-corrected chi connectivity index (χ0v) is 15.6. The molecule has 0 aromatic carbocycles. The van der Waals surface area contributed by atoms with E-state index in [-0.39, 0.29) is 18.0 Å². The van der Waals surface area contributed by atoms with Crippen LogP contribution in [0, 0.1) is 16.7 Å². The second kappa shape index (κ2) is 8.48. The predicted molar refractivity (Wildman–Crippen MR) is 90.0 cm³/mol. The Kier molecular flexibility index (Phi) is 7.22. The van der Waals surface area contributed by atoms with Gasteiger partial charge in [-0.05, 0) is 33.6 Å². The standard InChI is InChI=1S/C18H30N2O4/c1-14(21)24-15(8-10-20-9-6-7-16(20)22)11-18(4,13-19)12-17(2,3)23-5/h15H,6-12H2,1-5H3. The highest BCUT2D eigenvalue weighted by atomic mass is 16.5. The number of hydrogen-bond donors (Lipinski definition) is 0. The number of rotatable bonds is 9. The number of nitrogens with zero attached hydrogens (tertiary/aromatic N) is 2. The molecule has 0 aromatic heterocycles. The van der Waals surface area contributed by atoms with E-state index in [1.807, 2.05) is 20.8 Å². The van der Waals surface area contributed by atoms with Crippen LogP contribution in [0.25, 0.3) is 0 Å². The molecule has 0 spiro atoms. The Morgan fingerprint density at radius 2 is 2.08 bits per heavy atom. The van der Waals surface area contributed by atoms with E-state index in [2.05, 4.69) is 6.07 Å². The number of nitriles is 1. The summed E-state index contributed by atoms with van der Waals surface area (Å²) in [5.74, 6) is -0.209. The Hall–Kier alpha value is -1.61. The van der Waals surface area contributed by atoms with Gasteiger partial charge in [0.1, 0.15) is 6.10 Å². The monoisotopic (exact) mass is 338 g/mol. The Morgan fingerprint density at radius 1 is 1.42 bits per heavy atom. The summed E-state index contributed by atoms with van der Waals surface area (Å²) in [6, 6.07) is 2.36. The minimum atomic E-state index is -0.672. The summed E-state index contributed by atoms with van der Waals surface area (Å²) < 4.78 is 10.9. The van der Waals surface area contributed by atoms with Crippen LogP contribution >= 0.6 is 0 Å². The van der Waals surface area contributed by atoms with Crippen LogP contribution in [0.15, 0.2) is 0 Å². The molecule has 2 atom stereocenters. The van der Waals surface area contributed by atoms with E-state index in [1.165, 1.54) is 6.92 Å². The third kappa shape index (κ3) is 6.48. The lowest BCUT2D eigenvalue weighted by atomic mass is 9.76. The summed E-state index contributed by atoms with van der Waals surface area (Å²) in [6.45, 7) is 8.44. The first kappa shape index (κ1) is 20.4. The van der Waals surface area contributed by atoms with Crippen LogP contribution in [0.2, 0.25) is 0 Å². The molecule has 0 N–H and O–H groups in total. The van der Waals surface area contributed by atoms with Crippen LogP contribution < -0.4 is 0 Å². The first-order chi connectivity index (χ1) is 11.1. The molecule has 0 aliphatic carbocycles. The molecule has 6 heteroatoms. The van der Waals surface area contributed by atoms with Crippen LogP contribution in [0.4, 0.5) is 0 Å². The molecule has 2 unspecified atom stereocenters. The van der Waals surface area contributed by atoms with Crippen molar-refractivity contribution in [3.63, 3.8) is 0 Å². The van der Waals surface area contributed by atoms with Crippen LogP contribution in [-0.2, 0) is 19.1 Å². The van der Waals surface area contributed by atoms with E-state index in [0.717, 1.165) is 13.0 Å². The number of methoxy groups -OCH3 is 1. The van der Waals surface area contributed by atoms with Gasteiger partial charge in [-0.25, -0.2) is 0 Å². The highest BCUT2D eigenvalue weighted by Crippen LogP contribution is 2.35. The molecule has 1 aliphatic heterocycles. The fourth-order valence-corrected chi connectivity index (χ4v) is 3.35. The molecule has 136 valence electrons. The number of carbonyl (C=O) groups is 2.